The van der Waals surface area contributed by atoms with Crippen LogP contribution < -0.4 is 10.1 Å². The number of likely N-dealkylation sites (tertiary alicyclic amines) is 1. The molecule has 0 spiro atoms. The van der Waals surface area contributed by atoms with Crippen molar-refractivity contribution in [1.29, 1.82) is 0 Å². The second-order valence-corrected chi connectivity index (χ2v) is 8.27. The van der Waals surface area contributed by atoms with Crippen LogP contribution in [0, 0.1) is 12.8 Å². The van der Waals surface area contributed by atoms with E-state index in [9.17, 15) is 9.59 Å². The molecular formula is C21H22N4O4S. The Morgan fingerprint density at radius 1 is 1.20 bits per heavy atom. The van der Waals surface area contributed by atoms with Gasteiger partial charge in [0.25, 0.3) is 11.9 Å². The molecule has 1 aromatic carbocycles. The van der Waals surface area contributed by atoms with Crippen LogP contribution in [-0.4, -0.2) is 47.1 Å². The first-order valence-electron chi connectivity index (χ1n) is 9.68. The molecule has 0 saturated carbocycles. The molecule has 0 bridgehead atoms. The molecule has 2 aromatic heterocycles. The number of hydrogen-bond acceptors (Lipinski definition) is 7. The van der Waals surface area contributed by atoms with Crippen LogP contribution in [0.1, 0.15) is 28.4 Å². The summed E-state index contributed by atoms with van der Waals surface area (Å²) < 4.78 is 10.3. The molecule has 2 amide bonds. The summed E-state index contributed by atoms with van der Waals surface area (Å²) in [5.41, 5.74) is 1.65. The van der Waals surface area contributed by atoms with E-state index in [1.54, 1.807) is 17.0 Å². The SMILES string of the molecule is COc1ccc(C(=O)N2CCC(C(=O)Nc3cccc(-c4nnc(C)s4)c3)CC2)o1. The number of hydrogen-bond donors (Lipinski definition) is 1. The Hall–Kier alpha value is -3.20. The summed E-state index contributed by atoms with van der Waals surface area (Å²) in [6.45, 7) is 2.92. The number of amides is 2. The summed E-state index contributed by atoms with van der Waals surface area (Å²) in [5.74, 6) is 0.189. The minimum absolute atomic E-state index is 0.0349. The highest BCUT2D eigenvalue weighted by Crippen LogP contribution is 2.27. The van der Waals surface area contributed by atoms with Gasteiger partial charge in [0.1, 0.15) is 10.0 Å². The number of methoxy groups -OCH3 is 1. The van der Waals surface area contributed by atoms with Crippen LogP contribution in [0.5, 0.6) is 5.95 Å². The number of piperidine rings is 1. The van der Waals surface area contributed by atoms with Gasteiger partial charge < -0.3 is 19.4 Å². The molecule has 0 unspecified atom stereocenters. The van der Waals surface area contributed by atoms with Gasteiger partial charge in [0.05, 0.1) is 7.11 Å². The topological polar surface area (TPSA) is 97.6 Å². The van der Waals surface area contributed by atoms with E-state index in [0.29, 0.717) is 31.9 Å². The molecule has 156 valence electrons. The summed E-state index contributed by atoms with van der Waals surface area (Å²) in [7, 11) is 1.49. The number of aromatic nitrogens is 2. The van der Waals surface area contributed by atoms with Crippen LogP contribution in [0.15, 0.2) is 40.8 Å². The average Bonchev–Trinajstić information content (AvgIpc) is 3.42. The number of benzene rings is 1. The number of ether oxygens (including phenoxy) is 1. The van der Waals surface area contributed by atoms with E-state index < -0.39 is 0 Å². The molecular weight excluding hydrogens is 404 g/mol. The van der Waals surface area contributed by atoms with Crippen LogP contribution in [0.4, 0.5) is 5.69 Å². The maximum atomic E-state index is 12.7. The van der Waals surface area contributed by atoms with Gasteiger partial charge in [0.2, 0.25) is 5.91 Å². The third-order valence-corrected chi connectivity index (χ3v) is 5.94. The lowest BCUT2D eigenvalue weighted by atomic mass is 9.95. The van der Waals surface area contributed by atoms with Crippen LogP contribution in [0.25, 0.3) is 10.6 Å². The summed E-state index contributed by atoms with van der Waals surface area (Å²) in [6, 6.07) is 10.8. The number of rotatable bonds is 5. The quantitative estimate of drug-likeness (QED) is 0.669. The number of nitrogens with one attached hydrogen (secondary N) is 1. The summed E-state index contributed by atoms with van der Waals surface area (Å²) in [5, 5.41) is 12.9. The van der Waals surface area contributed by atoms with Crippen LogP contribution in [-0.2, 0) is 4.79 Å². The number of aryl methyl sites for hydroxylation is 1. The van der Waals surface area contributed by atoms with E-state index in [1.165, 1.54) is 18.4 Å². The Balaban J connectivity index is 1.34. The van der Waals surface area contributed by atoms with Crippen molar-refractivity contribution in [3.63, 3.8) is 0 Å². The number of furan rings is 1. The number of carbonyl (C=O) groups excluding carboxylic acids is 2. The van der Waals surface area contributed by atoms with Crippen LogP contribution in [0.2, 0.25) is 0 Å². The van der Waals surface area contributed by atoms with Crippen molar-refractivity contribution in [3.8, 4) is 16.5 Å². The normalized spacial score (nSPS) is 14.5. The number of carbonyl (C=O) groups is 2. The smallest absolute Gasteiger partial charge is 0.289 e. The van der Waals surface area contributed by atoms with E-state index >= 15 is 0 Å². The van der Waals surface area contributed by atoms with Gasteiger partial charge in [-0.15, -0.1) is 10.2 Å². The molecule has 1 aliphatic heterocycles. The fraction of sp³-hybridized carbons (Fsp3) is 0.333. The highest BCUT2D eigenvalue weighted by atomic mass is 32.1. The maximum Gasteiger partial charge on any atom is 0.289 e. The Kier molecular flexibility index (Phi) is 5.80. The molecule has 1 N–H and O–H groups in total. The monoisotopic (exact) mass is 426 g/mol. The zero-order valence-corrected chi connectivity index (χ0v) is 17.6. The van der Waals surface area contributed by atoms with E-state index in [-0.39, 0.29) is 23.5 Å². The largest absolute Gasteiger partial charge is 0.468 e. The molecule has 0 atom stereocenters. The number of nitrogens with zero attached hydrogens (tertiary/aromatic N) is 3. The van der Waals surface area contributed by atoms with Crippen molar-refractivity contribution in [3.05, 3.63) is 47.2 Å². The molecule has 1 saturated heterocycles. The number of anilines is 1. The average molecular weight is 426 g/mol. The van der Waals surface area contributed by atoms with E-state index in [2.05, 4.69) is 15.5 Å². The third kappa shape index (κ3) is 4.35. The molecule has 30 heavy (non-hydrogen) atoms. The highest BCUT2D eigenvalue weighted by Gasteiger charge is 2.29. The second-order valence-electron chi connectivity index (χ2n) is 7.09. The summed E-state index contributed by atoms with van der Waals surface area (Å²) >= 11 is 1.51. The second kappa shape index (κ2) is 8.66. The molecule has 1 aliphatic rings. The standard InChI is InChI=1S/C21H22N4O4S/c1-13-23-24-20(30-13)15-4-3-5-16(12-15)22-19(26)14-8-10-25(11-9-14)21(27)17-6-7-18(28-2)29-17/h3-7,12,14H,8-11H2,1-2H3,(H,22,26). The molecule has 3 aromatic rings. The van der Waals surface area contributed by atoms with Crippen LogP contribution >= 0.6 is 11.3 Å². The van der Waals surface area contributed by atoms with Gasteiger partial charge in [-0.2, -0.15) is 0 Å². The zero-order valence-electron chi connectivity index (χ0n) is 16.8. The van der Waals surface area contributed by atoms with Crippen LogP contribution in [0.3, 0.4) is 0 Å². The van der Waals surface area contributed by atoms with Gasteiger partial charge in [0.15, 0.2) is 5.76 Å². The predicted octanol–water partition coefficient (Wildman–Crippen LogP) is 3.61. The minimum Gasteiger partial charge on any atom is -0.468 e. The summed E-state index contributed by atoms with van der Waals surface area (Å²) in [4.78, 5) is 27.0. The Morgan fingerprint density at radius 2 is 2.00 bits per heavy atom. The summed E-state index contributed by atoms with van der Waals surface area (Å²) in [6.07, 6.45) is 1.20. The first kappa shape index (κ1) is 20.1. The van der Waals surface area contributed by atoms with E-state index in [1.807, 2.05) is 31.2 Å². The van der Waals surface area contributed by atoms with Gasteiger partial charge >= 0.3 is 0 Å². The van der Waals surface area contributed by atoms with Crippen molar-refractivity contribution in [2.24, 2.45) is 5.92 Å². The lowest BCUT2D eigenvalue weighted by molar-refractivity contribution is -0.121. The Bertz CT molecular complexity index is 1050. The predicted molar refractivity (Wildman–Crippen MR) is 113 cm³/mol. The fourth-order valence-electron chi connectivity index (χ4n) is 3.43. The fourth-order valence-corrected chi connectivity index (χ4v) is 4.12. The van der Waals surface area contributed by atoms with Crippen molar-refractivity contribution < 1.29 is 18.7 Å². The van der Waals surface area contributed by atoms with Crippen molar-refractivity contribution in [2.75, 3.05) is 25.5 Å². The van der Waals surface area contributed by atoms with Crippen molar-refractivity contribution >= 4 is 28.8 Å². The van der Waals surface area contributed by atoms with Crippen molar-refractivity contribution in [1.82, 2.24) is 15.1 Å². The van der Waals surface area contributed by atoms with E-state index in [0.717, 1.165) is 21.3 Å². The molecule has 0 aliphatic carbocycles. The van der Waals surface area contributed by atoms with Gasteiger partial charge in [-0.1, -0.05) is 23.5 Å². The molecule has 4 rings (SSSR count). The molecule has 1 fully saturated rings. The molecule has 9 heteroatoms. The Morgan fingerprint density at radius 3 is 2.67 bits per heavy atom. The first-order valence-corrected chi connectivity index (χ1v) is 10.5. The lowest BCUT2D eigenvalue weighted by Gasteiger charge is -2.30. The first-order chi connectivity index (χ1) is 14.5. The van der Waals surface area contributed by atoms with Gasteiger partial charge in [0, 0.05) is 36.3 Å². The third-order valence-electron chi connectivity index (χ3n) is 5.05. The van der Waals surface area contributed by atoms with Crippen molar-refractivity contribution in [2.45, 2.75) is 19.8 Å². The minimum atomic E-state index is -0.183. The molecule has 8 nitrogen and oxygen atoms in total. The van der Waals surface area contributed by atoms with E-state index in [4.69, 9.17) is 9.15 Å². The van der Waals surface area contributed by atoms with Gasteiger partial charge in [-0.3, -0.25) is 9.59 Å². The zero-order chi connectivity index (χ0) is 21.1. The maximum absolute atomic E-state index is 12.7. The van der Waals surface area contributed by atoms with Gasteiger partial charge in [-0.25, -0.2) is 0 Å². The molecule has 0 radical (unpaired) electrons. The highest BCUT2D eigenvalue weighted by molar-refractivity contribution is 7.14. The lowest BCUT2D eigenvalue weighted by Crippen LogP contribution is -2.41. The molecule has 3 heterocycles. The van der Waals surface area contributed by atoms with Gasteiger partial charge in [-0.05, 0) is 38.0 Å². The Labute approximate surface area is 177 Å².